The lowest BCUT2D eigenvalue weighted by atomic mass is 9.79. The molecule has 1 aliphatic carbocycles. The van der Waals surface area contributed by atoms with Gasteiger partial charge < -0.3 is 10.1 Å². The average molecular weight is 225 g/mol. The molecule has 0 aromatic heterocycles. The lowest BCUT2D eigenvalue weighted by molar-refractivity contribution is -0.142. The van der Waals surface area contributed by atoms with Crippen molar-refractivity contribution in [2.24, 2.45) is 5.92 Å². The van der Waals surface area contributed by atoms with Crippen molar-refractivity contribution in [1.82, 2.24) is 5.32 Å². The molecule has 1 saturated carbocycles. The highest BCUT2D eigenvalue weighted by Gasteiger charge is 2.40. The molecule has 2 aliphatic rings. The minimum Gasteiger partial charge on any atom is -0.369 e. The quantitative estimate of drug-likeness (QED) is 0.797. The van der Waals surface area contributed by atoms with Crippen LogP contribution in [0.5, 0.6) is 0 Å². The molecule has 0 radical (unpaired) electrons. The van der Waals surface area contributed by atoms with Crippen molar-refractivity contribution in [2.45, 2.75) is 77.0 Å². The van der Waals surface area contributed by atoms with Gasteiger partial charge in [0.05, 0.1) is 11.7 Å². The summed E-state index contributed by atoms with van der Waals surface area (Å²) in [5, 5.41) is 3.73. The van der Waals surface area contributed by atoms with E-state index in [1.54, 1.807) is 0 Å². The molecule has 1 N–H and O–H groups in total. The SMILES string of the molecule is CCCC1CCC2OC(C)(CC)CNC2C1. The maximum Gasteiger partial charge on any atom is 0.0780 e. The van der Waals surface area contributed by atoms with Crippen molar-refractivity contribution in [2.75, 3.05) is 6.54 Å². The van der Waals surface area contributed by atoms with Crippen LogP contribution in [-0.2, 0) is 4.74 Å². The first kappa shape index (κ1) is 12.4. The second kappa shape index (κ2) is 5.05. The number of morpholine rings is 1. The summed E-state index contributed by atoms with van der Waals surface area (Å²) in [7, 11) is 0. The van der Waals surface area contributed by atoms with Crippen LogP contribution in [0.15, 0.2) is 0 Å². The normalized spacial score (nSPS) is 44.1. The number of hydrogen-bond acceptors (Lipinski definition) is 2. The molecule has 0 spiro atoms. The second-order valence-corrected chi connectivity index (χ2v) is 5.91. The lowest BCUT2D eigenvalue weighted by Gasteiger charge is -2.47. The number of rotatable bonds is 3. The Labute approximate surface area is 100 Å². The summed E-state index contributed by atoms with van der Waals surface area (Å²) in [6, 6.07) is 0.630. The van der Waals surface area contributed by atoms with Gasteiger partial charge >= 0.3 is 0 Å². The molecule has 2 nitrogen and oxygen atoms in total. The van der Waals surface area contributed by atoms with E-state index in [4.69, 9.17) is 4.74 Å². The minimum atomic E-state index is 0.0821. The molecule has 2 fully saturated rings. The van der Waals surface area contributed by atoms with E-state index in [0.29, 0.717) is 12.1 Å². The van der Waals surface area contributed by atoms with Crippen LogP contribution >= 0.6 is 0 Å². The summed E-state index contributed by atoms with van der Waals surface area (Å²) in [6.07, 6.45) is 8.28. The van der Waals surface area contributed by atoms with Gasteiger partial charge in [-0.15, -0.1) is 0 Å². The first-order valence-electron chi connectivity index (χ1n) is 7.08. The summed E-state index contributed by atoms with van der Waals surface area (Å²) >= 11 is 0. The molecule has 2 heteroatoms. The summed E-state index contributed by atoms with van der Waals surface area (Å²) in [5.74, 6) is 0.938. The molecule has 1 aliphatic heterocycles. The van der Waals surface area contributed by atoms with E-state index in [1.807, 2.05) is 0 Å². The zero-order chi connectivity index (χ0) is 11.6. The first-order valence-corrected chi connectivity index (χ1v) is 7.08. The number of ether oxygens (including phenoxy) is 1. The van der Waals surface area contributed by atoms with Crippen molar-refractivity contribution in [1.29, 1.82) is 0 Å². The molecule has 0 bridgehead atoms. The molecule has 2 rings (SSSR count). The Bertz CT molecular complexity index is 231. The highest BCUT2D eigenvalue weighted by Crippen LogP contribution is 2.35. The third-order valence-electron chi connectivity index (χ3n) is 4.51. The van der Waals surface area contributed by atoms with Gasteiger partial charge in [0, 0.05) is 12.6 Å². The smallest absolute Gasteiger partial charge is 0.0780 e. The van der Waals surface area contributed by atoms with Gasteiger partial charge in [0.15, 0.2) is 0 Å². The molecule has 0 aromatic rings. The fourth-order valence-corrected chi connectivity index (χ4v) is 3.22. The van der Waals surface area contributed by atoms with E-state index in [2.05, 4.69) is 26.1 Å². The van der Waals surface area contributed by atoms with Gasteiger partial charge in [0.2, 0.25) is 0 Å². The maximum absolute atomic E-state index is 6.29. The van der Waals surface area contributed by atoms with Gasteiger partial charge in [-0.2, -0.15) is 0 Å². The Morgan fingerprint density at radius 3 is 2.81 bits per heavy atom. The predicted octanol–water partition coefficient (Wildman–Crippen LogP) is 3.11. The zero-order valence-corrected chi connectivity index (χ0v) is 11.1. The van der Waals surface area contributed by atoms with Gasteiger partial charge in [0.25, 0.3) is 0 Å². The molecule has 4 unspecified atom stereocenters. The Hall–Kier alpha value is -0.0800. The molecule has 0 aromatic carbocycles. The highest BCUT2D eigenvalue weighted by atomic mass is 16.5. The van der Waals surface area contributed by atoms with Crippen LogP contribution in [-0.4, -0.2) is 24.3 Å². The maximum atomic E-state index is 6.29. The summed E-state index contributed by atoms with van der Waals surface area (Å²) in [6.45, 7) is 7.80. The molecule has 1 saturated heterocycles. The van der Waals surface area contributed by atoms with Gasteiger partial charge in [-0.05, 0) is 38.5 Å². The number of hydrogen-bond donors (Lipinski definition) is 1. The van der Waals surface area contributed by atoms with Gasteiger partial charge in [0.1, 0.15) is 0 Å². The fourth-order valence-electron chi connectivity index (χ4n) is 3.22. The standard InChI is InChI=1S/C14H27NO/c1-4-6-11-7-8-13-12(9-11)15-10-14(3,5-2)16-13/h11-13,15H,4-10H2,1-3H3. The topological polar surface area (TPSA) is 21.3 Å². The Kier molecular flexibility index (Phi) is 3.91. The Morgan fingerprint density at radius 2 is 2.12 bits per heavy atom. The molecule has 16 heavy (non-hydrogen) atoms. The average Bonchev–Trinajstić information content (AvgIpc) is 2.30. The molecular weight excluding hydrogens is 198 g/mol. The van der Waals surface area contributed by atoms with E-state index < -0.39 is 0 Å². The number of nitrogens with one attached hydrogen (secondary N) is 1. The van der Waals surface area contributed by atoms with Crippen LogP contribution in [0.4, 0.5) is 0 Å². The largest absolute Gasteiger partial charge is 0.369 e. The van der Waals surface area contributed by atoms with Crippen LogP contribution in [0.2, 0.25) is 0 Å². The number of fused-ring (bicyclic) bond motifs is 1. The third-order valence-corrected chi connectivity index (χ3v) is 4.51. The Balaban J connectivity index is 1.90. The van der Waals surface area contributed by atoms with Crippen molar-refractivity contribution in [3.05, 3.63) is 0 Å². The summed E-state index contributed by atoms with van der Waals surface area (Å²) in [5.41, 5.74) is 0.0821. The van der Waals surface area contributed by atoms with E-state index >= 15 is 0 Å². The van der Waals surface area contributed by atoms with Gasteiger partial charge in [-0.1, -0.05) is 26.7 Å². The van der Waals surface area contributed by atoms with Crippen molar-refractivity contribution < 1.29 is 4.74 Å². The molecule has 0 amide bonds. The van der Waals surface area contributed by atoms with Crippen LogP contribution in [0.25, 0.3) is 0 Å². The fraction of sp³-hybridized carbons (Fsp3) is 1.00. The van der Waals surface area contributed by atoms with Crippen LogP contribution < -0.4 is 5.32 Å². The van der Waals surface area contributed by atoms with E-state index in [1.165, 1.54) is 32.1 Å². The van der Waals surface area contributed by atoms with Crippen molar-refractivity contribution in [3.63, 3.8) is 0 Å². The van der Waals surface area contributed by atoms with Crippen LogP contribution in [0.3, 0.4) is 0 Å². The summed E-state index contributed by atoms with van der Waals surface area (Å²) < 4.78 is 6.29. The van der Waals surface area contributed by atoms with Crippen molar-refractivity contribution in [3.8, 4) is 0 Å². The molecule has 4 atom stereocenters. The molecular formula is C14H27NO. The third kappa shape index (κ3) is 2.60. The molecule has 94 valence electrons. The monoisotopic (exact) mass is 225 g/mol. The van der Waals surface area contributed by atoms with E-state index in [0.717, 1.165) is 18.9 Å². The van der Waals surface area contributed by atoms with E-state index in [9.17, 15) is 0 Å². The predicted molar refractivity (Wildman–Crippen MR) is 67.6 cm³/mol. The van der Waals surface area contributed by atoms with Crippen molar-refractivity contribution >= 4 is 0 Å². The lowest BCUT2D eigenvalue weighted by Crippen LogP contribution is -2.59. The summed E-state index contributed by atoms with van der Waals surface area (Å²) in [4.78, 5) is 0. The highest BCUT2D eigenvalue weighted by molar-refractivity contribution is 4.94. The minimum absolute atomic E-state index is 0.0821. The first-order chi connectivity index (χ1) is 7.67. The van der Waals surface area contributed by atoms with Crippen LogP contribution in [0.1, 0.15) is 59.3 Å². The molecule has 1 heterocycles. The van der Waals surface area contributed by atoms with Crippen LogP contribution in [0, 0.1) is 5.92 Å². The van der Waals surface area contributed by atoms with Gasteiger partial charge in [-0.3, -0.25) is 0 Å². The Morgan fingerprint density at radius 1 is 1.31 bits per heavy atom. The van der Waals surface area contributed by atoms with Gasteiger partial charge in [-0.25, -0.2) is 0 Å². The van der Waals surface area contributed by atoms with E-state index in [-0.39, 0.29) is 5.60 Å². The second-order valence-electron chi connectivity index (χ2n) is 5.91. The zero-order valence-electron chi connectivity index (χ0n) is 11.1.